The number of nitrogens with one attached hydrogen (secondary N) is 1. The first-order valence-corrected chi connectivity index (χ1v) is 10.8. The van der Waals surface area contributed by atoms with E-state index in [9.17, 15) is 9.59 Å². The minimum absolute atomic E-state index is 0.198. The van der Waals surface area contributed by atoms with Crippen molar-refractivity contribution in [2.24, 2.45) is 0 Å². The zero-order valence-electron chi connectivity index (χ0n) is 17.5. The van der Waals surface area contributed by atoms with Gasteiger partial charge in [0.2, 0.25) is 11.8 Å². The molecular weight excluding hydrogens is 437 g/mol. The van der Waals surface area contributed by atoms with Gasteiger partial charge in [-0.3, -0.25) is 9.59 Å². The van der Waals surface area contributed by atoms with Gasteiger partial charge in [0, 0.05) is 60.6 Å². The fourth-order valence-electron chi connectivity index (χ4n) is 3.46. The Hall–Kier alpha value is -2.70. The molecule has 0 aromatic heterocycles. The number of hydrogen-bond acceptors (Lipinski definition) is 4. The number of anilines is 2. The van der Waals surface area contributed by atoms with E-state index < -0.39 is 0 Å². The van der Waals surface area contributed by atoms with Gasteiger partial charge in [0.05, 0.1) is 12.1 Å². The number of benzene rings is 2. The Kier molecular flexibility index (Phi) is 7.82. The van der Waals surface area contributed by atoms with Crippen molar-refractivity contribution in [3.05, 3.63) is 58.1 Å². The monoisotopic (exact) mass is 461 g/mol. The van der Waals surface area contributed by atoms with Crippen molar-refractivity contribution < 1.29 is 14.3 Å². The number of piperazine rings is 1. The van der Waals surface area contributed by atoms with Crippen molar-refractivity contribution in [3.8, 4) is 5.75 Å². The second-order valence-corrected chi connectivity index (χ2v) is 7.94. The number of hydrogen-bond donors (Lipinski definition) is 1. The van der Waals surface area contributed by atoms with Crippen molar-refractivity contribution in [3.63, 3.8) is 0 Å². The Morgan fingerprint density at radius 3 is 2.39 bits per heavy atom. The van der Waals surface area contributed by atoms with Crippen LogP contribution in [0.3, 0.4) is 0 Å². The summed E-state index contributed by atoms with van der Waals surface area (Å²) in [7, 11) is 1.51. The second-order valence-electron chi connectivity index (χ2n) is 7.10. The van der Waals surface area contributed by atoms with Gasteiger partial charge in [0.25, 0.3) is 0 Å². The van der Waals surface area contributed by atoms with Gasteiger partial charge in [-0.1, -0.05) is 30.1 Å². The van der Waals surface area contributed by atoms with Crippen molar-refractivity contribution in [1.29, 1.82) is 0 Å². The lowest BCUT2D eigenvalue weighted by molar-refractivity contribution is -0.131. The number of halogens is 2. The molecule has 0 spiro atoms. The molecule has 1 aliphatic heterocycles. The molecule has 0 aliphatic carbocycles. The number of carbonyl (C=O) groups is 2. The van der Waals surface area contributed by atoms with E-state index in [1.54, 1.807) is 18.2 Å². The molecule has 1 saturated heterocycles. The molecule has 0 bridgehead atoms. The standard InChI is InChI=1S/C23H25Cl2N3O3/c1-3-22(30)28-12-10-27(11-13-28)19-7-5-18(6-8-19)26-21(29)9-4-16-14-17(24)15-20(25)23(16)31-2/h4-9,14-15H,3,10-13H2,1-2H3,(H,26,29)/b9-4+. The van der Waals surface area contributed by atoms with E-state index in [2.05, 4.69) is 10.2 Å². The molecule has 0 radical (unpaired) electrons. The van der Waals surface area contributed by atoms with Crippen LogP contribution in [0.25, 0.3) is 6.08 Å². The third-order valence-electron chi connectivity index (χ3n) is 5.09. The summed E-state index contributed by atoms with van der Waals surface area (Å²) in [5.41, 5.74) is 2.37. The van der Waals surface area contributed by atoms with E-state index in [1.807, 2.05) is 36.1 Å². The largest absolute Gasteiger partial charge is 0.495 e. The zero-order chi connectivity index (χ0) is 22.4. The lowest BCUT2D eigenvalue weighted by Crippen LogP contribution is -2.48. The predicted octanol–water partition coefficient (Wildman–Crippen LogP) is 4.71. The maximum Gasteiger partial charge on any atom is 0.248 e. The number of amides is 2. The Morgan fingerprint density at radius 2 is 1.77 bits per heavy atom. The SMILES string of the molecule is CCC(=O)N1CCN(c2ccc(NC(=O)/C=C/c3cc(Cl)cc(Cl)c3OC)cc2)CC1. The molecule has 2 aromatic carbocycles. The summed E-state index contributed by atoms with van der Waals surface area (Å²) < 4.78 is 5.28. The fraction of sp³-hybridized carbons (Fsp3) is 0.304. The van der Waals surface area contributed by atoms with Gasteiger partial charge in [-0.15, -0.1) is 0 Å². The van der Waals surface area contributed by atoms with Crippen molar-refractivity contribution in [1.82, 2.24) is 4.90 Å². The Bertz CT molecular complexity index is 969. The van der Waals surface area contributed by atoms with Crippen molar-refractivity contribution in [2.75, 3.05) is 43.5 Å². The fourth-order valence-corrected chi connectivity index (χ4v) is 4.05. The summed E-state index contributed by atoms with van der Waals surface area (Å²) in [6.45, 7) is 4.94. The highest BCUT2D eigenvalue weighted by Crippen LogP contribution is 2.33. The van der Waals surface area contributed by atoms with Gasteiger partial charge in [0.15, 0.2) is 0 Å². The summed E-state index contributed by atoms with van der Waals surface area (Å²) in [6.07, 6.45) is 3.56. The van der Waals surface area contributed by atoms with Crippen LogP contribution in [-0.2, 0) is 9.59 Å². The first-order chi connectivity index (χ1) is 14.9. The average Bonchev–Trinajstić information content (AvgIpc) is 2.77. The topological polar surface area (TPSA) is 61.9 Å². The van der Waals surface area contributed by atoms with Crippen LogP contribution in [-0.4, -0.2) is 50.0 Å². The van der Waals surface area contributed by atoms with Gasteiger partial charge in [0.1, 0.15) is 5.75 Å². The van der Waals surface area contributed by atoms with Crippen LogP contribution in [0.2, 0.25) is 10.0 Å². The van der Waals surface area contributed by atoms with Crippen LogP contribution in [0.1, 0.15) is 18.9 Å². The van der Waals surface area contributed by atoms with Gasteiger partial charge in [-0.25, -0.2) is 0 Å². The van der Waals surface area contributed by atoms with E-state index in [1.165, 1.54) is 13.2 Å². The summed E-state index contributed by atoms with van der Waals surface area (Å²) in [5, 5.41) is 3.67. The number of nitrogens with zero attached hydrogens (tertiary/aromatic N) is 2. The normalized spacial score (nSPS) is 14.1. The summed E-state index contributed by atoms with van der Waals surface area (Å²) >= 11 is 12.2. The summed E-state index contributed by atoms with van der Waals surface area (Å²) in [6, 6.07) is 10.9. The molecular formula is C23H25Cl2N3O3. The molecule has 1 fully saturated rings. The zero-order valence-corrected chi connectivity index (χ0v) is 19.0. The van der Waals surface area contributed by atoms with E-state index in [0.717, 1.165) is 31.9 Å². The molecule has 0 atom stereocenters. The minimum Gasteiger partial charge on any atom is -0.495 e. The van der Waals surface area contributed by atoms with Crippen molar-refractivity contribution >= 4 is 52.5 Å². The molecule has 6 nitrogen and oxygen atoms in total. The maximum atomic E-state index is 12.3. The lowest BCUT2D eigenvalue weighted by atomic mass is 10.2. The van der Waals surface area contributed by atoms with E-state index in [0.29, 0.717) is 33.5 Å². The smallest absolute Gasteiger partial charge is 0.248 e. The van der Waals surface area contributed by atoms with Crippen LogP contribution < -0.4 is 15.0 Å². The van der Waals surface area contributed by atoms with Crippen molar-refractivity contribution in [2.45, 2.75) is 13.3 Å². The van der Waals surface area contributed by atoms with Crippen LogP contribution in [0.15, 0.2) is 42.5 Å². The minimum atomic E-state index is -0.280. The third kappa shape index (κ3) is 5.93. The Labute approximate surface area is 192 Å². The average molecular weight is 462 g/mol. The molecule has 8 heteroatoms. The highest BCUT2D eigenvalue weighted by molar-refractivity contribution is 6.36. The molecule has 31 heavy (non-hydrogen) atoms. The first-order valence-electron chi connectivity index (χ1n) is 10.1. The van der Waals surface area contributed by atoms with E-state index in [4.69, 9.17) is 27.9 Å². The van der Waals surface area contributed by atoms with Gasteiger partial charge < -0.3 is 19.9 Å². The summed E-state index contributed by atoms with van der Waals surface area (Å²) in [5.74, 6) is 0.376. The quantitative estimate of drug-likeness (QED) is 0.632. The molecule has 0 unspecified atom stereocenters. The highest BCUT2D eigenvalue weighted by atomic mass is 35.5. The second kappa shape index (κ2) is 10.6. The summed E-state index contributed by atoms with van der Waals surface area (Å²) in [4.78, 5) is 28.3. The van der Waals surface area contributed by atoms with E-state index >= 15 is 0 Å². The number of ether oxygens (including phenoxy) is 1. The van der Waals surface area contributed by atoms with Crippen LogP contribution in [0.4, 0.5) is 11.4 Å². The Morgan fingerprint density at radius 1 is 1.10 bits per heavy atom. The number of methoxy groups -OCH3 is 1. The maximum absolute atomic E-state index is 12.3. The lowest BCUT2D eigenvalue weighted by Gasteiger charge is -2.36. The molecule has 164 valence electrons. The molecule has 1 heterocycles. The number of rotatable bonds is 6. The number of carbonyl (C=O) groups excluding carboxylic acids is 2. The molecule has 1 N–H and O–H groups in total. The predicted molar refractivity (Wildman–Crippen MR) is 126 cm³/mol. The molecule has 1 aliphatic rings. The van der Waals surface area contributed by atoms with Gasteiger partial charge in [-0.05, 0) is 42.5 Å². The first kappa shape index (κ1) is 23.0. The molecule has 3 rings (SSSR count). The molecule has 2 amide bonds. The van der Waals surface area contributed by atoms with Gasteiger partial charge in [-0.2, -0.15) is 0 Å². The third-order valence-corrected chi connectivity index (χ3v) is 5.59. The van der Waals surface area contributed by atoms with E-state index in [-0.39, 0.29) is 11.8 Å². The van der Waals surface area contributed by atoms with Crippen LogP contribution in [0, 0.1) is 0 Å². The molecule has 2 aromatic rings. The molecule has 0 saturated carbocycles. The highest BCUT2D eigenvalue weighted by Gasteiger charge is 2.20. The van der Waals surface area contributed by atoms with Crippen LogP contribution in [0.5, 0.6) is 5.75 Å². The van der Waals surface area contributed by atoms with Gasteiger partial charge >= 0.3 is 0 Å². The van der Waals surface area contributed by atoms with Crippen LogP contribution >= 0.6 is 23.2 Å². The Balaban J connectivity index is 1.59.